The summed E-state index contributed by atoms with van der Waals surface area (Å²) in [5.41, 5.74) is 11.6. The molecule has 2 aliphatic rings. The van der Waals surface area contributed by atoms with Gasteiger partial charge in [0.15, 0.2) is 10.1 Å². The zero-order valence-electron chi connectivity index (χ0n) is 23.7. The smallest absolute Gasteiger partial charge is 0.234 e. The molecule has 2 heterocycles. The first kappa shape index (κ1) is 29.2. The third-order valence-corrected chi connectivity index (χ3v) is 9.27. The quantitative estimate of drug-likeness (QED) is 0.330. The molecule has 12 heteroatoms. The molecule has 1 amide bonds. The third-order valence-electron chi connectivity index (χ3n) is 7.23. The molecule has 2 aromatic carbocycles. The van der Waals surface area contributed by atoms with Crippen LogP contribution in [-0.4, -0.2) is 41.9 Å². The van der Waals surface area contributed by atoms with Crippen LogP contribution in [0.3, 0.4) is 0 Å². The molecule has 0 bridgehead atoms. The highest BCUT2D eigenvalue weighted by molar-refractivity contribution is 8.01. The number of rotatable bonds is 8. The number of nitrogens with two attached hydrogens (primary N) is 1. The number of thioether (sulfide) groups is 1. The number of nitrogens with one attached hydrogen (secondary N) is 1. The number of ketones is 1. The van der Waals surface area contributed by atoms with Crippen molar-refractivity contribution in [3.8, 4) is 17.6 Å². The summed E-state index contributed by atoms with van der Waals surface area (Å²) in [6, 6.07) is 13.4. The minimum Gasteiger partial charge on any atom is -0.497 e. The van der Waals surface area contributed by atoms with Gasteiger partial charge in [-0.05, 0) is 56.5 Å². The van der Waals surface area contributed by atoms with Gasteiger partial charge in [-0.15, -0.1) is 10.2 Å². The van der Waals surface area contributed by atoms with Gasteiger partial charge in [0.05, 0.1) is 37.5 Å². The van der Waals surface area contributed by atoms with Gasteiger partial charge in [0, 0.05) is 28.9 Å². The molecule has 0 fully saturated rings. The van der Waals surface area contributed by atoms with Gasteiger partial charge in [-0.2, -0.15) is 5.26 Å². The summed E-state index contributed by atoms with van der Waals surface area (Å²) >= 11 is 2.51. The molecule has 1 aliphatic carbocycles. The van der Waals surface area contributed by atoms with E-state index in [0.717, 1.165) is 16.8 Å². The lowest BCUT2D eigenvalue weighted by atomic mass is 9.75. The molecule has 1 atom stereocenters. The van der Waals surface area contributed by atoms with E-state index in [2.05, 4.69) is 21.6 Å². The van der Waals surface area contributed by atoms with E-state index in [9.17, 15) is 14.9 Å². The summed E-state index contributed by atoms with van der Waals surface area (Å²) < 4.78 is 11.6. The molecule has 1 unspecified atom stereocenters. The van der Waals surface area contributed by atoms with E-state index < -0.39 is 5.92 Å². The number of nitriles is 1. The van der Waals surface area contributed by atoms with Crippen molar-refractivity contribution in [2.75, 3.05) is 30.2 Å². The summed E-state index contributed by atoms with van der Waals surface area (Å²) in [4.78, 5) is 27.8. The Morgan fingerprint density at radius 2 is 2.00 bits per heavy atom. The summed E-state index contributed by atoms with van der Waals surface area (Å²) in [6.45, 7) is 3.95. The standard InChI is InChI=1S/C30H30N6O4S2/c1-16-8-10-21(17(2)12-16)33-25(38)15-41-30-35-34-29(42-30)36-22-6-5-7-23(37)27(22)26(20(14-31)28(36)32)19-13-18(39-3)9-11-24(19)40-4/h8-13,26H,5-7,15,32H2,1-4H3,(H,33,38). The van der Waals surface area contributed by atoms with Crippen LogP contribution in [-0.2, 0) is 9.59 Å². The Hall–Kier alpha value is -4.34. The number of carbonyl (C=O) groups is 2. The number of ether oxygens (including phenoxy) is 2. The molecular formula is C30H30N6O4S2. The number of anilines is 2. The number of hydrogen-bond donors (Lipinski definition) is 2. The highest BCUT2D eigenvalue weighted by Crippen LogP contribution is 2.49. The summed E-state index contributed by atoms with van der Waals surface area (Å²) in [7, 11) is 3.10. The number of allylic oxidation sites excluding steroid dienone is 3. The Labute approximate surface area is 252 Å². The fourth-order valence-corrected chi connectivity index (χ4v) is 6.98. The van der Waals surface area contributed by atoms with E-state index in [1.165, 1.54) is 23.1 Å². The lowest BCUT2D eigenvalue weighted by Gasteiger charge is -2.38. The van der Waals surface area contributed by atoms with Crippen LogP contribution in [0.5, 0.6) is 11.5 Å². The van der Waals surface area contributed by atoms with Crippen molar-refractivity contribution in [2.45, 2.75) is 43.4 Å². The van der Waals surface area contributed by atoms with Crippen molar-refractivity contribution in [3.63, 3.8) is 0 Å². The Balaban J connectivity index is 1.45. The Morgan fingerprint density at radius 1 is 1.19 bits per heavy atom. The minimum atomic E-state index is -0.713. The molecule has 0 saturated carbocycles. The van der Waals surface area contributed by atoms with Crippen LogP contribution >= 0.6 is 23.1 Å². The van der Waals surface area contributed by atoms with E-state index in [0.29, 0.717) is 57.1 Å². The lowest BCUT2D eigenvalue weighted by molar-refractivity contribution is -0.116. The van der Waals surface area contributed by atoms with Gasteiger partial charge >= 0.3 is 0 Å². The Morgan fingerprint density at radius 3 is 2.71 bits per heavy atom. The second kappa shape index (κ2) is 12.3. The molecule has 0 spiro atoms. The van der Waals surface area contributed by atoms with E-state index in [1.807, 2.05) is 32.0 Å². The van der Waals surface area contributed by atoms with Crippen LogP contribution in [0.15, 0.2) is 63.4 Å². The number of methoxy groups -OCH3 is 2. The zero-order valence-corrected chi connectivity index (χ0v) is 25.3. The van der Waals surface area contributed by atoms with Crippen LogP contribution < -0.4 is 25.4 Å². The van der Waals surface area contributed by atoms with Gasteiger partial charge in [-0.3, -0.25) is 14.5 Å². The number of carbonyl (C=O) groups excluding carboxylic acids is 2. The average Bonchev–Trinajstić information content (AvgIpc) is 3.45. The highest BCUT2D eigenvalue weighted by atomic mass is 32.2. The first-order chi connectivity index (χ1) is 20.2. The van der Waals surface area contributed by atoms with Crippen LogP contribution in [0.4, 0.5) is 10.8 Å². The molecule has 1 aliphatic heterocycles. The average molecular weight is 603 g/mol. The third kappa shape index (κ3) is 5.57. The van der Waals surface area contributed by atoms with Crippen LogP contribution in [0, 0.1) is 25.2 Å². The maximum Gasteiger partial charge on any atom is 0.234 e. The molecule has 1 aromatic heterocycles. The van der Waals surface area contributed by atoms with Gasteiger partial charge in [-0.25, -0.2) is 0 Å². The maximum atomic E-state index is 13.5. The van der Waals surface area contributed by atoms with Crippen LogP contribution in [0.2, 0.25) is 0 Å². The number of hydrogen-bond acceptors (Lipinski definition) is 11. The molecule has 10 nitrogen and oxygen atoms in total. The lowest BCUT2D eigenvalue weighted by Crippen LogP contribution is -2.38. The molecule has 42 heavy (non-hydrogen) atoms. The predicted octanol–water partition coefficient (Wildman–Crippen LogP) is 5.21. The normalized spacial score (nSPS) is 16.7. The minimum absolute atomic E-state index is 0.0569. The molecule has 3 aromatic rings. The Kier molecular flexibility index (Phi) is 8.51. The highest BCUT2D eigenvalue weighted by Gasteiger charge is 2.42. The molecule has 0 radical (unpaired) electrons. The molecule has 3 N–H and O–H groups in total. The second-order valence-electron chi connectivity index (χ2n) is 9.93. The Bertz CT molecular complexity index is 1670. The number of amides is 1. The van der Waals surface area contributed by atoms with Crippen molar-refractivity contribution in [1.82, 2.24) is 10.2 Å². The molecule has 0 saturated heterocycles. The van der Waals surface area contributed by atoms with Crippen molar-refractivity contribution < 1.29 is 19.1 Å². The topological polar surface area (TPSA) is 143 Å². The number of benzene rings is 2. The van der Waals surface area contributed by atoms with Gasteiger partial charge in [-0.1, -0.05) is 40.8 Å². The number of nitrogens with zero attached hydrogens (tertiary/aromatic N) is 4. The first-order valence-corrected chi connectivity index (χ1v) is 15.1. The van der Waals surface area contributed by atoms with Crippen LogP contribution in [0.25, 0.3) is 0 Å². The molecular weight excluding hydrogens is 573 g/mol. The van der Waals surface area contributed by atoms with E-state index in [-0.39, 0.29) is 28.8 Å². The van der Waals surface area contributed by atoms with E-state index in [4.69, 9.17) is 15.2 Å². The fraction of sp³-hybridized carbons (Fsp3) is 0.300. The summed E-state index contributed by atoms with van der Waals surface area (Å²) in [6.07, 6.45) is 1.58. The van der Waals surface area contributed by atoms with Gasteiger partial charge in [0.1, 0.15) is 17.3 Å². The fourth-order valence-electron chi connectivity index (χ4n) is 5.30. The van der Waals surface area contributed by atoms with Gasteiger partial charge < -0.3 is 20.5 Å². The van der Waals surface area contributed by atoms with Crippen molar-refractivity contribution >= 4 is 45.6 Å². The predicted molar refractivity (Wildman–Crippen MR) is 163 cm³/mol. The van der Waals surface area contributed by atoms with Crippen molar-refractivity contribution in [1.29, 1.82) is 5.26 Å². The maximum absolute atomic E-state index is 13.5. The SMILES string of the molecule is COc1ccc(OC)c(C2C(C#N)=C(N)N(c3nnc(SCC(=O)Nc4ccc(C)cc4C)s3)C3=C2C(=O)CCC3)c1. The van der Waals surface area contributed by atoms with E-state index in [1.54, 1.807) is 37.3 Å². The second-order valence-corrected chi connectivity index (χ2v) is 12.1. The summed E-state index contributed by atoms with van der Waals surface area (Å²) in [5, 5.41) is 22.3. The first-order valence-electron chi connectivity index (χ1n) is 13.3. The molecule has 5 rings (SSSR count). The van der Waals surface area contributed by atoms with Crippen molar-refractivity contribution in [2.24, 2.45) is 5.73 Å². The van der Waals surface area contributed by atoms with Gasteiger partial charge in [0.2, 0.25) is 11.0 Å². The zero-order chi connectivity index (χ0) is 30.0. The monoisotopic (exact) mass is 602 g/mol. The number of Topliss-reactive ketones (excluding diaryl/α,β-unsaturated/α-hetero) is 1. The number of aromatic nitrogens is 2. The van der Waals surface area contributed by atoms with Gasteiger partial charge in [0.25, 0.3) is 0 Å². The number of aryl methyl sites for hydroxylation is 2. The van der Waals surface area contributed by atoms with E-state index >= 15 is 0 Å². The summed E-state index contributed by atoms with van der Waals surface area (Å²) in [5.74, 6) is 0.483. The largest absolute Gasteiger partial charge is 0.497 e. The molecule has 216 valence electrons. The van der Waals surface area contributed by atoms with Crippen LogP contribution in [0.1, 0.15) is 41.9 Å². The van der Waals surface area contributed by atoms with Crippen molar-refractivity contribution in [3.05, 3.63) is 75.8 Å².